The summed E-state index contributed by atoms with van der Waals surface area (Å²) >= 11 is 0. The molecule has 0 fully saturated rings. The predicted octanol–water partition coefficient (Wildman–Crippen LogP) is 3.49. The number of methoxy groups -OCH3 is 1. The van der Waals surface area contributed by atoms with E-state index < -0.39 is 0 Å². The van der Waals surface area contributed by atoms with Gasteiger partial charge >= 0.3 is 11.9 Å². The number of ether oxygens (including phenoxy) is 2. The van der Waals surface area contributed by atoms with Crippen molar-refractivity contribution < 1.29 is 19.1 Å². The molecule has 0 spiro atoms. The van der Waals surface area contributed by atoms with Gasteiger partial charge in [-0.05, 0) is 17.9 Å². The molecule has 0 aromatic heterocycles. The van der Waals surface area contributed by atoms with Crippen molar-refractivity contribution >= 4 is 11.9 Å². The number of benzene rings is 1. The standard InChI is InChI=1S/C17H24O4/c1-14(8-6-7-11-16(18)20-2)12-17(19)21-13-15-9-4-3-5-10-15/h3-5,9-10,14H,6-8,11-13H2,1-2H3. The summed E-state index contributed by atoms with van der Waals surface area (Å²) in [5.74, 6) is -0.0739. The largest absolute Gasteiger partial charge is 0.469 e. The van der Waals surface area contributed by atoms with Gasteiger partial charge in [-0.25, -0.2) is 0 Å². The molecule has 0 bridgehead atoms. The van der Waals surface area contributed by atoms with Crippen molar-refractivity contribution in [3.8, 4) is 0 Å². The number of unbranched alkanes of at least 4 members (excludes halogenated alkanes) is 1. The summed E-state index contributed by atoms with van der Waals surface area (Å²) in [5.41, 5.74) is 0.997. The van der Waals surface area contributed by atoms with E-state index >= 15 is 0 Å². The van der Waals surface area contributed by atoms with Gasteiger partial charge in [-0.2, -0.15) is 0 Å². The van der Waals surface area contributed by atoms with E-state index in [0.29, 0.717) is 19.4 Å². The normalized spacial score (nSPS) is 11.7. The van der Waals surface area contributed by atoms with E-state index in [2.05, 4.69) is 4.74 Å². The van der Waals surface area contributed by atoms with Gasteiger partial charge < -0.3 is 9.47 Å². The first-order chi connectivity index (χ1) is 10.1. The van der Waals surface area contributed by atoms with Gasteiger partial charge in [0.15, 0.2) is 0 Å². The summed E-state index contributed by atoms with van der Waals surface area (Å²) in [7, 11) is 1.40. The van der Waals surface area contributed by atoms with E-state index in [0.717, 1.165) is 24.8 Å². The molecule has 1 aromatic rings. The molecule has 1 rings (SSSR count). The fourth-order valence-electron chi connectivity index (χ4n) is 2.05. The van der Waals surface area contributed by atoms with Crippen LogP contribution in [0.5, 0.6) is 0 Å². The lowest BCUT2D eigenvalue weighted by atomic mass is 10.00. The van der Waals surface area contributed by atoms with Crippen LogP contribution in [0.4, 0.5) is 0 Å². The molecule has 1 atom stereocenters. The first kappa shape index (κ1) is 17.2. The SMILES string of the molecule is COC(=O)CCCCC(C)CC(=O)OCc1ccccc1. The summed E-state index contributed by atoms with van der Waals surface area (Å²) < 4.78 is 9.83. The van der Waals surface area contributed by atoms with Gasteiger partial charge in [0.2, 0.25) is 0 Å². The maximum Gasteiger partial charge on any atom is 0.306 e. The maximum absolute atomic E-state index is 11.7. The van der Waals surface area contributed by atoms with E-state index in [1.165, 1.54) is 7.11 Å². The lowest BCUT2D eigenvalue weighted by molar-refractivity contribution is -0.146. The van der Waals surface area contributed by atoms with Crippen LogP contribution in [-0.2, 0) is 25.7 Å². The number of hydrogen-bond donors (Lipinski definition) is 0. The van der Waals surface area contributed by atoms with Crippen molar-refractivity contribution in [2.75, 3.05) is 7.11 Å². The summed E-state index contributed by atoms with van der Waals surface area (Å²) in [4.78, 5) is 22.7. The minimum absolute atomic E-state index is 0.167. The van der Waals surface area contributed by atoms with Crippen LogP contribution in [0.3, 0.4) is 0 Å². The first-order valence-electron chi connectivity index (χ1n) is 7.38. The molecule has 21 heavy (non-hydrogen) atoms. The fraction of sp³-hybridized carbons (Fsp3) is 0.529. The lowest BCUT2D eigenvalue weighted by Gasteiger charge is -2.11. The van der Waals surface area contributed by atoms with Gasteiger partial charge in [0.05, 0.1) is 7.11 Å². The smallest absolute Gasteiger partial charge is 0.306 e. The Morgan fingerprint density at radius 1 is 1.10 bits per heavy atom. The van der Waals surface area contributed by atoms with E-state index in [9.17, 15) is 9.59 Å². The molecule has 0 saturated heterocycles. The Balaban J connectivity index is 2.11. The average molecular weight is 292 g/mol. The number of carbonyl (C=O) groups is 2. The Kier molecular flexibility index (Phi) is 8.17. The Morgan fingerprint density at radius 2 is 1.81 bits per heavy atom. The van der Waals surface area contributed by atoms with Crippen molar-refractivity contribution in [3.63, 3.8) is 0 Å². The molecule has 0 saturated carbocycles. The molecule has 0 radical (unpaired) electrons. The monoisotopic (exact) mass is 292 g/mol. The van der Waals surface area contributed by atoms with Crippen LogP contribution in [0, 0.1) is 5.92 Å². The van der Waals surface area contributed by atoms with Crippen LogP contribution in [0.15, 0.2) is 30.3 Å². The molecular formula is C17H24O4. The molecule has 1 unspecified atom stereocenters. The maximum atomic E-state index is 11.7. The van der Waals surface area contributed by atoms with Crippen LogP contribution in [0.2, 0.25) is 0 Å². The Morgan fingerprint density at radius 3 is 2.48 bits per heavy atom. The van der Waals surface area contributed by atoms with Crippen molar-refractivity contribution in [1.82, 2.24) is 0 Å². The summed E-state index contributed by atoms with van der Waals surface area (Å²) in [6.45, 7) is 2.36. The highest BCUT2D eigenvalue weighted by molar-refractivity contribution is 5.69. The van der Waals surface area contributed by atoms with Crippen LogP contribution in [0.1, 0.15) is 44.6 Å². The Labute approximate surface area is 126 Å². The number of hydrogen-bond acceptors (Lipinski definition) is 4. The highest BCUT2D eigenvalue weighted by atomic mass is 16.5. The molecule has 0 aliphatic carbocycles. The number of rotatable bonds is 9. The number of esters is 2. The Hall–Kier alpha value is -1.84. The predicted molar refractivity (Wildman–Crippen MR) is 80.5 cm³/mol. The minimum atomic E-state index is -0.176. The molecule has 116 valence electrons. The van der Waals surface area contributed by atoms with Crippen molar-refractivity contribution in [2.24, 2.45) is 5.92 Å². The minimum Gasteiger partial charge on any atom is -0.469 e. The van der Waals surface area contributed by atoms with Gasteiger partial charge in [0.1, 0.15) is 6.61 Å². The topological polar surface area (TPSA) is 52.6 Å². The lowest BCUT2D eigenvalue weighted by Crippen LogP contribution is -2.10. The van der Waals surface area contributed by atoms with E-state index in [1.54, 1.807) is 0 Å². The average Bonchev–Trinajstić information content (AvgIpc) is 2.50. The van der Waals surface area contributed by atoms with Crippen LogP contribution in [0.25, 0.3) is 0 Å². The first-order valence-corrected chi connectivity index (χ1v) is 7.38. The van der Waals surface area contributed by atoms with E-state index in [-0.39, 0.29) is 17.9 Å². The van der Waals surface area contributed by atoms with Crippen LogP contribution < -0.4 is 0 Å². The van der Waals surface area contributed by atoms with Gasteiger partial charge in [-0.15, -0.1) is 0 Å². The van der Waals surface area contributed by atoms with Gasteiger partial charge in [0.25, 0.3) is 0 Å². The van der Waals surface area contributed by atoms with E-state index in [1.807, 2.05) is 37.3 Å². The molecule has 4 nitrogen and oxygen atoms in total. The zero-order valence-electron chi connectivity index (χ0n) is 12.8. The summed E-state index contributed by atoms with van der Waals surface area (Å²) in [6.07, 6.45) is 3.50. The highest BCUT2D eigenvalue weighted by Gasteiger charge is 2.11. The summed E-state index contributed by atoms with van der Waals surface area (Å²) in [5, 5.41) is 0. The zero-order chi connectivity index (χ0) is 15.5. The van der Waals surface area contributed by atoms with Gasteiger partial charge in [-0.1, -0.05) is 50.1 Å². The molecular weight excluding hydrogens is 268 g/mol. The highest BCUT2D eigenvalue weighted by Crippen LogP contribution is 2.14. The zero-order valence-corrected chi connectivity index (χ0v) is 12.8. The number of carbonyl (C=O) groups excluding carboxylic acids is 2. The van der Waals surface area contributed by atoms with E-state index in [4.69, 9.17) is 4.74 Å². The molecule has 0 heterocycles. The second-order valence-corrected chi connectivity index (χ2v) is 5.28. The fourth-order valence-corrected chi connectivity index (χ4v) is 2.05. The molecule has 0 N–H and O–H groups in total. The molecule has 0 amide bonds. The molecule has 0 aliphatic heterocycles. The van der Waals surface area contributed by atoms with Crippen molar-refractivity contribution in [2.45, 2.75) is 45.6 Å². The van der Waals surface area contributed by atoms with Gasteiger partial charge in [-0.3, -0.25) is 9.59 Å². The quantitative estimate of drug-likeness (QED) is 0.516. The third kappa shape index (κ3) is 8.12. The Bertz CT molecular complexity index is 428. The molecule has 1 aromatic carbocycles. The van der Waals surface area contributed by atoms with Crippen molar-refractivity contribution in [3.05, 3.63) is 35.9 Å². The molecule has 4 heteroatoms. The third-order valence-corrected chi connectivity index (χ3v) is 3.31. The second kappa shape index (κ2) is 9.97. The third-order valence-electron chi connectivity index (χ3n) is 3.31. The van der Waals surface area contributed by atoms with Crippen LogP contribution >= 0.6 is 0 Å². The van der Waals surface area contributed by atoms with Crippen molar-refractivity contribution in [1.29, 1.82) is 0 Å². The summed E-state index contributed by atoms with van der Waals surface area (Å²) in [6, 6.07) is 9.65. The van der Waals surface area contributed by atoms with Gasteiger partial charge in [0, 0.05) is 12.8 Å². The second-order valence-electron chi connectivity index (χ2n) is 5.28. The van der Waals surface area contributed by atoms with Crippen LogP contribution in [-0.4, -0.2) is 19.0 Å². The molecule has 0 aliphatic rings.